The highest BCUT2D eigenvalue weighted by Crippen LogP contribution is 2.44. The van der Waals surface area contributed by atoms with E-state index in [1.165, 1.54) is 0 Å². The van der Waals surface area contributed by atoms with E-state index in [0.29, 0.717) is 19.3 Å². The first kappa shape index (κ1) is 13.4. The van der Waals surface area contributed by atoms with Gasteiger partial charge >= 0.3 is 0 Å². The monoisotopic (exact) mass is 251 g/mol. The summed E-state index contributed by atoms with van der Waals surface area (Å²) in [6, 6.07) is 0.324. The number of amides is 1. The molecule has 2 N–H and O–H groups in total. The minimum Gasteiger partial charge on any atom is -0.396 e. The van der Waals surface area contributed by atoms with Crippen LogP contribution < -0.4 is 0 Å². The molecular formula is C14H21NO3. The van der Waals surface area contributed by atoms with Gasteiger partial charge < -0.3 is 15.1 Å². The maximum Gasteiger partial charge on any atom is 0.223 e. The van der Waals surface area contributed by atoms with Crippen LogP contribution in [0.5, 0.6) is 0 Å². The molecule has 2 fully saturated rings. The molecule has 4 nitrogen and oxygen atoms in total. The van der Waals surface area contributed by atoms with Gasteiger partial charge in [0.1, 0.15) is 0 Å². The quantitative estimate of drug-likeness (QED) is 0.425. The van der Waals surface area contributed by atoms with E-state index < -0.39 is 0 Å². The summed E-state index contributed by atoms with van der Waals surface area (Å²) in [4.78, 5) is 13.9. The minimum absolute atomic E-state index is 0.0495. The van der Waals surface area contributed by atoms with Crippen LogP contribution in [0.1, 0.15) is 38.5 Å². The SMILES string of the molecule is C#CCCCCC(=O)N1[C@@H]2[C@H](CO)C[C@H](O)C[C@@H]21. The molecule has 1 amide bonds. The van der Waals surface area contributed by atoms with Gasteiger partial charge in [0.2, 0.25) is 5.91 Å². The summed E-state index contributed by atoms with van der Waals surface area (Å²) in [5.41, 5.74) is 0. The minimum atomic E-state index is -0.373. The Morgan fingerprint density at radius 2 is 2.17 bits per heavy atom. The fourth-order valence-corrected chi connectivity index (χ4v) is 3.12. The zero-order valence-electron chi connectivity index (χ0n) is 10.6. The van der Waals surface area contributed by atoms with Gasteiger partial charge in [-0.1, -0.05) is 0 Å². The fraction of sp³-hybridized carbons (Fsp3) is 0.786. The van der Waals surface area contributed by atoms with Crippen molar-refractivity contribution in [3.05, 3.63) is 0 Å². The summed E-state index contributed by atoms with van der Waals surface area (Å²) in [6.45, 7) is 0.0547. The molecular weight excluding hydrogens is 230 g/mol. The number of unbranched alkanes of at least 4 members (excludes halogenated alkanes) is 2. The maximum absolute atomic E-state index is 12.0. The van der Waals surface area contributed by atoms with E-state index in [0.717, 1.165) is 19.3 Å². The Kier molecular flexibility index (Phi) is 4.26. The highest BCUT2D eigenvalue weighted by molar-refractivity contribution is 5.80. The van der Waals surface area contributed by atoms with Gasteiger partial charge in [-0.2, -0.15) is 0 Å². The number of nitrogens with zero attached hydrogens (tertiary/aromatic N) is 1. The number of carbonyl (C=O) groups excluding carboxylic acids is 1. The molecule has 2 rings (SSSR count). The van der Waals surface area contributed by atoms with E-state index >= 15 is 0 Å². The molecule has 2 aliphatic rings. The van der Waals surface area contributed by atoms with Crippen LogP contribution in [-0.2, 0) is 4.79 Å². The topological polar surface area (TPSA) is 60.5 Å². The zero-order chi connectivity index (χ0) is 13.1. The lowest BCUT2D eigenvalue weighted by Gasteiger charge is -2.20. The van der Waals surface area contributed by atoms with Gasteiger partial charge in [0.05, 0.1) is 18.2 Å². The number of hydrogen-bond acceptors (Lipinski definition) is 3. The zero-order valence-corrected chi connectivity index (χ0v) is 10.6. The third-order valence-corrected chi connectivity index (χ3v) is 4.04. The van der Waals surface area contributed by atoms with Gasteiger partial charge in [-0.25, -0.2) is 0 Å². The molecule has 4 heteroatoms. The summed E-state index contributed by atoms with van der Waals surface area (Å²) < 4.78 is 0. The largest absolute Gasteiger partial charge is 0.396 e. The highest BCUT2D eigenvalue weighted by Gasteiger charge is 2.57. The van der Waals surface area contributed by atoms with Crippen LogP contribution in [0, 0.1) is 18.3 Å². The molecule has 100 valence electrons. The summed E-state index contributed by atoms with van der Waals surface area (Å²) in [5.74, 6) is 2.76. The van der Waals surface area contributed by atoms with E-state index in [1.54, 1.807) is 0 Å². The summed E-state index contributed by atoms with van der Waals surface area (Å²) in [5, 5.41) is 19.0. The van der Waals surface area contributed by atoms with Gasteiger partial charge in [0.15, 0.2) is 0 Å². The maximum atomic E-state index is 12.0. The van der Waals surface area contributed by atoms with Gasteiger partial charge in [-0.15, -0.1) is 12.3 Å². The Bertz CT molecular complexity index is 349. The first-order valence-corrected chi connectivity index (χ1v) is 6.72. The van der Waals surface area contributed by atoms with Crippen LogP contribution in [0.25, 0.3) is 0 Å². The summed E-state index contributed by atoms with van der Waals surface area (Å²) in [6.07, 6.45) is 9.03. The molecule has 0 aromatic rings. The number of hydrogen-bond donors (Lipinski definition) is 2. The number of carbonyl (C=O) groups is 1. The third kappa shape index (κ3) is 2.68. The van der Waals surface area contributed by atoms with Crippen molar-refractivity contribution in [2.24, 2.45) is 5.92 Å². The Morgan fingerprint density at radius 1 is 1.39 bits per heavy atom. The molecule has 0 bridgehead atoms. The van der Waals surface area contributed by atoms with Crippen LogP contribution in [0.15, 0.2) is 0 Å². The molecule has 1 saturated heterocycles. The van der Waals surface area contributed by atoms with Gasteiger partial charge in [0.25, 0.3) is 0 Å². The Morgan fingerprint density at radius 3 is 2.83 bits per heavy atom. The van der Waals surface area contributed by atoms with Crippen molar-refractivity contribution in [3.8, 4) is 12.3 Å². The second-order valence-electron chi connectivity index (χ2n) is 5.34. The Balaban J connectivity index is 1.81. The number of terminal acetylenes is 1. The summed E-state index contributed by atoms with van der Waals surface area (Å²) >= 11 is 0. The summed E-state index contributed by atoms with van der Waals surface area (Å²) in [7, 11) is 0. The third-order valence-electron chi connectivity index (χ3n) is 4.04. The molecule has 0 aromatic carbocycles. The van der Waals surface area contributed by atoms with E-state index in [1.807, 2.05) is 4.90 Å². The van der Waals surface area contributed by atoms with Crippen LogP contribution in [0.4, 0.5) is 0 Å². The normalized spacial score (nSPS) is 33.7. The number of aliphatic hydroxyl groups excluding tert-OH is 2. The van der Waals surface area contributed by atoms with Gasteiger partial charge in [-0.3, -0.25) is 4.79 Å². The number of aliphatic hydroxyl groups is 2. The van der Waals surface area contributed by atoms with Crippen molar-refractivity contribution in [2.75, 3.05) is 6.61 Å². The molecule has 4 atom stereocenters. The van der Waals surface area contributed by atoms with Crippen molar-refractivity contribution in [1.82, 2.24) is 4.90 Å². The predicted octanol–water partition coefficient (Wildman–Crippen LogP) is 0.523. The number of rotatable bonds is 5. The van der Waals surface area contributed by atoms with Crippen LogP contribution in [0.3, 0.4) is 0 Å². The van der Waals surface area contributed by atoms with Crippen molar-refractivity contribution in [1.29, 1.82) is 0 Å². The first-order valence-electron chi connectivity index (χ1n) is 6.72. The Labute approximate surface area is 108 Å². The lowest BCUT2D eigenvalue weighted by Crippen LogP contribution is -2.29. The highest BCUT2D eigenvalue weighted by atomic mass is 16.3. The molecule has 0 aromatic heterocycles. The van der Waals surface area contributed by atoms with E-state index in [-0.39, 0.29) is 36.6 Å². The van der Waals surface area contributed by atoms with Crippen LogP contribution in [0.2, 0.25) is 0 Å². The van der Waals surface area contributed by atoms with Crippen molar-refractivity contribution in [2.45, 2.75) is 56.7 Å². The predicted molar refractivity (Wildman–Crippen MR) is 67.5 cm³/mol. The second-order valence-corrected chi connectivity index (χ2v) is 5.34. The fourth-order valence-electron chi connectivity index (χ4n) is 3.12. The molecule has 18 heavy (non-hydrogen) atoms. The molecule has 1 heterocycles. The Hall–Kier alpha value is -1.05. The van der Waals surface area contributed by atoms with Crippen LogP contribution >= 0.6 is 0 Å². The molecule has 0 unspecified atom stereocenters. The molecule has 1 saturated carbocycles. The van der Waals surface area contributed by atoms with Crippen molar-refractivity contribution >= 4 is 5.91 Å². The molecule has 1 aliphatic carbocycles. The molecule has 0 radical (unpaired) electrons. The lowest BCUT2D eigenvalue weighted by molar-refractivity contribution is -0.127. The smallest absolute Gasteiger partial charge is 0.223 e. The average Bonchev–Trinajstić information content (AvgIpc) is 3.07. The van der Waals surface area contributed by atoms with Gasteiger partial charge in [0, 0.05) is 25.4 Å². The second kappa shape index (κ2) is 5.73. The average molecular weight is 251 g/mol. The van der Waals surface area contributed by atoms with E-state index in [2.05, 4.69) is 5.92 Å². The van der Waals surface area contributed by atoms with E-state index in [4.69, 9.17) is 6.42 Å². The van der Waals surface area contributed by atoms with Crippen molar-refractivity contribution < 1.29 is 15.0 Å². The number of fused-ring (bicyclic) bond motifs is 1. The number of likely N-dealkylation sites (tertiary alicyclic amines) is 1. The van der Waals surface area contributed by atoms with E-state index in [9.17, 15) is 15.0 Å². The lowest BCUT2D eigenvalue weighted by atomic mass is 9.88. The van der Waals surface area contributed by atoms with Gasteiger partial charge in [-0.05, 0) is 25.7 Å². The van der Waals surface area contributed by atoms with Crippen LogP contribution in [-0.4, -0.2) is 45.8 Å². The first-order chi connectivity index (χ1) is 8.69. The molecule has 1 aliphatic heterocycles. The van der Waals surface area contributed by atoms with Crippen molar-refractivity contribution in [3.63, 3.8) is 0 Å². The standard InChI is InChI=1S/C14H21NO3/c1-2-3-4-5-6-13(18)15-12-8-11(17)7-10(9-16)14(12)15/h1,10-12,14,16-17H,3-9H2/t10-,11-,12-,14+,15?/m0/s1. The molecule has 0 spiro atoms.